The summed E-state index contributed by atoms with van der Waals surface area (Å²) in [5.74, 6) is -0.800. The van der Waals surface area contributed by atoms with Gasteiger partial charge in [-0.1, -0.05) is 46.0 Å². The minimum atomic E-state index is -3.69. The molecule has 4 N–H and O–H groups in total. The van der Waals surface area contributed by atoms with E-state index in [0.29, 0.717) is 17.7 Å². The van der Waals surface area contributed by atoms with Crippen LogP contribution in [0.1, 0.15) is 86.5 Å². The molecule has 0 unspecified atom stereocenters. The van der Waals surface area contributed by atoms with Crippen molar-refractivity contribution in [3.05, 3.63) is 12.7 Å². The van der Waals surface area contributed by atoms with Crippen molar-refractivity contribution < 1.29 is 28.4 Å². The third kappa shape index (κ3) is 11.3. The van der Waals surface area contributed by atoms with Crippen LogP contribution in [0.2, 0.25) is 0 Å². The van der Waals surface area contributed by atoms with E-state index in [2.05, 4.69) is 39.0 Å². The van der Waals surface area contributed by atoms with E-state index >= 15 is 0 Å². The first kappa shape index (κ1) is 34.6. The van der Waals surface area contributed by atoms with Crippen molar-refractivity contribution in [2.75, 3.05) is 25.3 Å². The number of nitrogens with two attached hydrogens (primary N) is 1. The molecule has 3 atom stereocenters. The predicted molar refractivity (Wildman–Crippen MR) is 158 cm³/mol. The molecule has 0 aliphatic carbocycles. The minimum absolute atomic E-state index is 0.273. The smallest absolute Gasteiger partial charge is 0.326 e. The zero-order chi connectivity index (χ0) is 30.5. The number of carbonyl (C=O) groups is 2. The first-order valence-electron chi connectivity index (χ1n) is 14.5. The number of unbranched alkanes of at least 4 members (excludes halogenated alkanes) is 5. The van der Waals surface area contributed by atoms with Crippen LogP contribution >= 0.6 is 7.44 Å². The van der Waals surface area contributed by atoms with Gasteiger partial charge in [-0.3, -0.25) is 14.2 Å². The maximum atomic E-state index is 14.2. The maximum Gasteiger partial charge on any atom is 0.326 e. The third-order valence-electron chi connectivity index (χ3n) is 6.37. The van der Waals surface area contributed by atoms with Gasteiger partial charge in [-0.25, -0.2) is 25.1 Å². The molecular weight excluding hydrogens is 549 g/mol. The summed E-state index contributed by atoms with van der Waals surface area (Å²) in [6, 6.07) is -0.910. The van der Waals surface area contributed by atoms with Crippen LogP contribution in [0, 0.1) is 0 Å². The van der Waals surface area contributed by atoms with E-state index in [1.54, 1.807) is 31.7 Å². The number of hydrogen-bond acceptors (Lipinski definition) is 10. The Balaban J connectivity index is 2.10. The molecule has 0 amide bonds. The third-order valence-corrected chi connectivity index (χ3v) is 8.61. The fourth-order valence-electron chi connectivity index (χ4n) is 4.08. The molecule has 232 valence electrons. The Morgan fingerprint density at radius 2 is 1.68 bits per heavy atom. The Kier molecular flexibility index (Phi) is 14.1. The molecule has 41 heavy (non-hydrogen) atoms. The lowest BCUT2D eigenvalue weighted by molar-refractivity contribution is -0.149. The van der Waals surface area contributed by atoms with Gasteiger partial charge >= 0.3 is 11.9 Å². The average Bonchev–Trinajstić information content (AvgIpc) is 3.33. The molecule has 0 aromatic carbocycles. The van der Waals surface area contributed by atoms with Crippen molar-refractivity contribution in [3.8, 4) is 0 Å². The Bertz CT molecular complexity index is 1160. The molecule has 0 aliphatic rings. The predicted octanol–water partition coefficient (Wildman–Crippen LogP) is 4.17. The summed E-state index contributed by atoms with van der Waals surface area (Å²) in [6.45, 7) is 11.6. The largest absolute Gasteiger partial charge is 0.465 e. The number of nitrogens with one attached hydrogen (secondary N) is 2. The zero-order valence-corrected chi connectivity index (χ0v) is 26.2. The molecule has 0 saturated heterocycles. The first-order valence-corrected chi connectivity index (χ1v) is 16.3. The van der Waals surface area contributed by atoms with Crippen LogP contribution in [-0.4, -0.2) is 68.7 Å². The van der Waals surface area contributed by atoms with Crippen LogP contribution < -0.4 is 15.9 Å². The number of esters is 2. The number of imidazole rings is 1. The highest BCUT2D eigenvalue weighted by Gasteiger charge is 2.39. The molecule has 2 aromatic heterocycles. The van der Waals surface area contributed by atoms with E-state index in [-0.39, 0.29) is 25.4 Å². The second kappa shape index (κ2) is 16.7. The van der Waals surface area contributed by atoms with E-state index in [4.69, 9.17) is 19.9 Å². The molecule has 13 nitrogen and oxygen atoms in total. The molecule has 0 radical (unpaired) electrons. The van der Waals surface area contributed by atoms with Crippen molar-refractivity contribution in [1.82, 2.24) is 29.7 Å². The van der Waals surface area contributed by atoms with Crippen LogP contribution in [0.3, 0.4) is 0 Å². The van der Waals surface area contributed by atoms with Gasteiger partial charge in [0.2, 0.25) is 7.44 Å². The summed E-state index contributed by atoms with van der Waals surface area (Å²) in [7, 11) is -3.69. The molecule has 2 heterocycles. The van der Waals surface area contributed by atoms with E-state index in [9.17, 15) is 14.2 Å². The number of aromatic nitrogens is 4. The quantitative estimate of drug-likeness (QED) is 0.113. The Hall–Kier alpha value is -2.60. The van der Waals surface area contributed by atoms with Gasteiger partial charge in [0.25, 0.3) is 0 Å². The second-order valence-corrected chi connectivity index (χ2v) is 13.1. The van der Waals surface area contributed by atoms with Crippen molar-refractivity contribution in [2.45, 2.75) is 111 Å². The molecule has 0 fully saturated rings. The van der Waals surface area contributed by atoms with Gasteiger partial charge < -0.3 is 24.5 Å². The van der Waals surface area contributed by atoms with Gasteiger partial charge in [-0.2, -0.15) is 0 Å². The van der Waals surface area contributed by atoms with Gasteiger partial charge in [0.1, 0.15) is 29.8 Å². The Morgan fingerprint density at radius 3 is 2.39 bits per heavy atom. The highest BCUT2D eigenvalue weighted by Crippen LogP contribution is 2.40. The van der Waals surface area contributed by atoms with Gasteiger partial charge in [0, 0.05) is 0 Å². The number of carbonyl (C=O) groups excluding carboxylic acids is 2. The number of ether oxygens (including phenoxy) is 3. The molecule has 0 bridgehead atoms. The average molecular weight is 598 g/mol. The molecule has 2 aromatic rings. The number of nitrogens with zero attached hydrogens (tertiary/aromatic N) is 4. The van der Waals surface area contributed by atoms with Gasteiger partial charge in [0.05, 0.1) is 32.2 Å². The summed E-state index contributed by atoms with van der Waals surface area (Å²) < 4.78 is 32.7. The molecule has 2 rings (SSSR count). The summed E-state index contributed by atoms with van der Waals surface area (Å²) in [4.78, 5) is 38.0. The van der Waals surface area contributed by atoms with Crippen LogP contribution in [0.25, 0.3) is 11.2 Å². The second-order valence-electron chi connectivity index (χ2n) is 10.8. The van der Waals surface area contributed by atoms with Gasteiger partial charge in [0.15, 0.2) is 11.5 Å². The molecule has 0 saturated carbocycles. The van der Waals surface area contributed by atoms with E-state index in [0.717, 1.165) is 44.9 Å². The topological polar surface area (TPSA) is 173 Å². The summed E-state index contributed by atoms with van der Waals surface area (Å²) in [6.07, 6.45) is 8.75. The lowest BCUT2D eigenvalue weighted by Crippen LogP contribution is -2.50. The maximum absolute atomic E-state index is 14.2. The van der Waals surface area contributed by atoms with E-state index in [1.807, 2.05) is 6.92 Å². The summed E-state index contributed by atoms with van der Waals surface area (Å²) in [5.41, 5.74) is 5.59. The van der Waals surface area contributed by atoms with Crippen LogP contribution in [0.5, 0.6) is 0 Å². The first-order chi connectivity index (χ1) is 19.4. The Labute approximate surface area is 243 Å². The van der Waals surface area contributed by atoms with E-state index in [1.165, 1.54) is 6.33 Å². The zero-order valence-electron chi connectivity index (χ0n) is 25.4. The van der Waals surface area contributed by atoms with E-state index < -0.39 is 37.1 Å². The molecule has 0 aliphatic heterocycles. The number of nitrogen functional groups attached to an aromatic ring is 1. The molecular formula is C27H48N7O6P. The normalized spacial score (nSPS) is 14.9. The number of fused-ring (bicyclic) bond motifs is 1. The van der Waals surface area contributed by atoms with Gasteiger partial charge in [-0.15, -0.1) is 0 Å². The molecule has 0 spiro atoms. The fourth-order valence-corrected chi connectivity index (χ4v) is 6.48. The summed E-state index contributed by atoms with van der Waals surface area (Å²) in [5, 5.41) is 5.78. The Morgan fingerprint density at radius 1 is 1.02 bits per heavy atom. The summed E-state index contributed by atoms with van der Waals surface area (Å²) >= 11 is 0. The lowest BCUT2D eigenvalue weighted by atomic mass is 10.1. The van der Waals surface area contributed by atoms with Crippen molar-refractivity contribution >= 4 is 36.4 Å². The number of anilines is 1. The SMILES string of the molecule is CCCCCCOC(=O)C(C)(C)N[P@](=O)(CO[C@H](C)Cn1cnc2c(N)ncnc21)N[C@H](C)C(=O)OCCCCC. The van der Waals surface area contributed by atoms with Crippen LogP contribution in [0.15, 0.2) is 12.7 Å². The van der Waals surface area contributed by atoms with Crippen LogP contribution in [-0.2, 0) is 34.9 Å². The lowest BCUT2D eigenvalue weighted by Gasteiger charge is -2.32. The van der Waals surface area contributed by atoms with Crippen molar-refractivity contribution in [3.63, 3.8) is 0 Å². The van der Waals surface area contributed by atoms with Crippen molar-refractivity contribution in [2.24, 2.45) is 0 Å². The minimum Gasteiger partial charge on any atom is -0.465 e. The number of rotatable bonds is 20. The number of hydrogen-bond donors (Lipinski definition) is 3. The standard InChI is InChI=1S/C27H48N7O6P/c1-7-9-11-13-15-39-26(36)27(5,6)33-41(37,32-21(4)25(35)38-14-12-10-8-2)19-40-20(3)16-34-18-31-22-23(28)29-17-30-24(22)34/h17-18,20-21H,7-16,19H2,1-6H3,(H2,28,29,30)(H2,32,33,37)/t20-,21-,41+/m1/s1. The molecule has 14 heteroatoms. The van der Waals surface area contributed by atoms with Crippen molar-refractivity contribution in [1.29, 1.82) is 0 Å². The highest BCUT2D eigenvalue weighted by atomic mass is 31.2. The fraction of sp³-hybridized carbons (Fsp3) is 0.741. The highest BCUT2D eigenvalue weighted by molar-refractivity contribution is 7.59. The van der Waals surface area contributed by atoms with Gasteiger partial charge in [-0.05, 0) is 40.5 Å². The monoisotopic (exact) mass is 597 g/mol. The van der Waals surface area contributed by atoms with Crippen LogP contribution in [0.4, 0.5) is 5.82 Å².